The summed E-state index contributed by atoms with van der Waals surface area (Å²) in [6.45, 7) is 5.72. The van der Waals surface area contributed by atoms with Crippen molar-refractivity contribution in [3.8, 4) is 5.75 Å². The van der Waals surface area contributed by atoms with E-state index in [1.54, 1.807) is 6.07 Å². The van der Waals surface area contributed by atoms with Crippen molar-refractivity contribution in [2.45, 2.75) is 13.5 Å². The van der Waals surface area contributed by atoms with Gasteiger partial charge in [0.1, 0.15) is 11.4 Å². The van der Waals surface area contributed by atoms with Crippen molar-refractivity contribution in [3.63, 3.8) is 0 Å². The van der Waals surface area contributed by atoms with Gasteiger partial charge in [-0.25, -0.2) is 0 Å². The van der Waals surface area contributed by atoms with Gasteiger partial charge in [-0.1, -0.05) is 41.9 Å². The number of likely N-dealkylation sites (N-methyl/N-ethyl adjacent to an activating group) is 1. The second-order valence-electron chi connectivity index (χ2n) is 7.76. The summed E-state index contributed by atoms with van der Waals surface area (Å²) in [7, 11) is 2.06. The average Bonchev–Trinajstić information content (AvgIpc) is 3.01. The second kappa shape index (κ2) is 9.12. The molecule has 6 nitrogen and oxygen atoms in total. The van der Waals surface area contributed by atoms with Crippen LogP contribution in [0.25, 0.3) is 5.57 Å². The van der Waals surface area contributed by atoms with Gasteiger partial charge in [-0.3, -0.25) is 14.5 Å². The molecular weight excluding hydrogens is 414 g/mol. The molecule has 0 atom stereocenters. The summed E-state index contributed by atoms with van der Waals surface area (Å²) in [5, 5.41) is 0.541. The van der Waals surface area contributed by atoms with Crippen molar-refractivity contribution in [1.82, 2.24) is 14.7 Å². The number of imide groups is 1. The quantitative estimate of drug-likeness (QED) is 0.646. The molecule has 0 radical (unpaired) electrons. The van der Waals surface area contributed by atoms with Crippen LogP contribution < -0.4 is 4.74 Å². The first-order valence-corrected chi connectivity index (χ1v) is 10.9. The molecule has 2 aromatic rings. The lowest BCUT2D eigenvalue weighted by molar-refractivity contribution is -0.138. The molecule has 2 heterocycles. The van der Waals surface area contributed by atoms with Crippen LogP contribution in [0, 0.1) is 0 Å². The highest BCUT2D eigenvalue weighted by atomic mass is 35.5. The Bertz CT molecular complexity index is 1010. The first-order valence-electron chi connectivity index (χ1n) is 10.5. The molecule has 2 amide bonds. The molecule has 0 aliphatic carbocycles. The number of carbonyl (C=O) groups is 2. The van der Waals surface area contributed by atoms with Crippen molar-refractivity contribution < 1.29 is 14.3 Å². The highest BCUT2D eigenvalue weighted by Gasteiger charge is 2.42. The van der Waals surface area contributed by atoms with Crippen molar-refractivity contribution in [1.29, 1.82) is 0 Å². The highest BCUT2D eigenvalue weighted by molar-refractivity contribution is 6.35. The molecule has 1 fully saturated rings. The van der Waals surface area contributed by atoms with Crippen molar-refractivity contribution in [3.05, 3.63) is 70.4 Å². The molecular formula is C24H26ClN3O3. The van der Waals surface area contributed by atoms with Gasteiger partial charge in [-0.15, -0.1) is 0 Å². The smallest absolute Gasteiger partial charge is 0.278 e. The van der Waals surface area contributed by atoms with Crippen LogP contribution in [-0.4, -0.2) is 66.3 Å². The zero-order chi connectivity index (χ0) is 22.0. The fourth-order valence-corrected chi connectivity index (χ4v) is 4.17. The number of hydrogen-bond acceptors (Lipinski definition) is 5. The minimum atomic E-state index is -0.289. The van der Waals surface area contributed by atoms with Gasteiger partial charge in [0.25, 0.3) is 11.8 Å². The van der Waals surface area contributed by atoms with Crippen LogP contribution in [0.2, 0.25) is 5.02 Å². The number of halogens is 1. The summed E-state index contributed by atoms with van der Waals surface area (Å²) in [4.78, 5) is 32.6. The molecule has 0 unspecified atom stereocenters. The second-order valence-corrected chi connectivity index (χ2v) is 8.17. The molecule has 2 aliphatic heterocycles. The van der Waals surface area contributed by atoms with Crippen molar-refractivity contribution >= 4 is 29.0 Å². The lowest BCUT2D eigenvalue weighted by atomic mass is 10.0. The molecule has 0 bridgehead atoms. The van der Waals surface area contributed by atoms with E-state index in [-0.39, 0.29) is 18.4 Å². The third kappa shape index (κ3) is 4.31. The maximum absolute atomic E-state index is 13.5. The van der Waals surface area contributed by atoms with Crippen molar-refractivity contribution in [2.24, 2.45) is 0 Å². The van der Waals surface area contributed by atoms with E-state index in [1.165, 1.54) is 4.90 Å². The zero-order valence-corrected chi connectivity index (χ0v) is 18.6. The number of ether oxygens (including phenoxy) is 1. The highest BCUT2D eigenvalue weighted by Crippen LogP contribution is 2.34. The topological polar surface area (TPSA) is 53.1 Å². The predicted octanol–water partition coefficient (Wildman–Crippen LogP) is 3.27. The SMILES string of the molecule is CCOc1ccc(C2=C(N3CCN(C)CC3)C(=O)N(Cc3ccccc3Cl)C2=O)cc1. The molecule has 2 aliphatic rings. The summed E-state index contributed by atoms with van der Waals surface area (Å²) >= 11 is 6.31. The number of amides is 2. The molecule has 162 valence electrons. The third-order valence-electron chi connectivity index (χ3n) is 5.70. The Morgan fingerprint density at radius 2 is 1.61 bits per heavy atom. The van der Waals surface area contributed by atoms with Gasteiger partial charge in [0.2, 0.25) is 0 Å². The van der Waals surface area contributed by atoms with E-state index in [4.69, 9.17) is 16.3 Å². The maximum Gasteiger partial charge on any atom is 0.278 e. The largest absolute Gasteiger partial charge is 0.494 e. The molecule has 4 rings (SSSR count). The Morgan fingerprint density at radius 3 is 2.26 bits per heavy atom. The first-order chi connectivity index (χ1) is 15.0. The minimum Gasteiger partial charge on any atom is -0.494 e. The van der Waals surface area contributed by atoms with Gasteiger partial charge in [0.15, 0.2) is 0 Å². The Kier molecular flexibility index (Phi) is 6.30. The number of benzene rings is 2. The molecule has 31 heavy (non-hydrogen) atoms. The van der Waals surface area contributed by atoms with Gasteiger partial charge in [0, 0.05) is 31.2 Å². The van der Waals surface area contributed by atoms with Gasteiger partial charge >= 0.3 is 0 Å². The van der Waals surface area contributed by atoms with E-state index in [9.17, 15) is 9.59 Å². The molecule has 2 aromatic carbocycles. The standard InChI is InChI=1S/C24H26ClN3O3/c1-3-31-19-10-8-17(9-11-19)21-22(27-14-12-26(2)13-15-27)24(30)28(23(21)29)16-18-6-4-5-7-20(18)25/h4-11H,3,12-16H2,1-2H3. The number of rotatable bonds is 6. The van der Waals surface area contributed by atoms with Crippen LogP contribution in [0.3, 0.4) is 0 Å². The van der Waals surface area contributed by atoms with E-state index in [1.807, 2.05) is 54.3 Å². The zero-order valence-electron chi connectivity index (χ0n) is 17.8. The Labute approximate surface area is 187 Å². The summed E-state index contributed by atoms with van der Waals surface area (Å²) in [5.41, 5.74) is 2.40. The summed E-state index contributed by atoms with van der Waals surface area (Å²) in [6, 6.07) is 14.7. The number of piperazine rings is 1. The fraction of sp³-hybridized carbons (Fsp3) is 0.333. The summed E-state index contributed by atoms with van der Waals surface area (Å²) in [6.07, 6.45) is 0. The third-order valence-corrected chi connectivity index (χ3v) is 6.07. The first kappa shape index (κ1) is 21.4. The predicted molar refractivity (Wildman–Crippen MR) is 121 cm³/mol. The fourth-order valence-electron chi connectivity index (χ4n) is 3.97. The molecule has 0 N–H and O–H groups in total. The lowest BCUT2D eigenvalue weighted by Crippen LogP contribution is -2.46. The number of nitrogens with zero attached hydrogens (tertiary/aromatic N) is 3. The van der Waals surface area contributed by atoms with Crippen LogP contribution in [0.1, 0.15) is 18.1 Å². The van der Waals surface area contributed by atoms with Crippen LogP contribution in [-0.2, 0) is 16.1 Å². The van der Waals surface area contributed by atoms with Crippen LogP contribution in [0.5, 0.6) is 5.75 Å². The summed E-state index contributed by atoms with van der Waals surface area (Å²) in [5.74, 6) is 0.180. The van der Waals surface area contributed by atoms with Crippen LogP contribution >= 0.6 is 11.6 Å². The van der Waals surface area contributed by atoms with Crippen molar-refractivity contribution in [2.75, 3.05) is 39.8 Å². The van der Waals surface area contributed by atoms with Gasteiger partial charge in [-0.05, 0) is 43.3 Å². The van der Waals surface area contributed by atoms with Gasteiger partial charge in [-0.2, -0.15) is 0 Å². The van der Waals surface area contributed by atoms with Gasteiger partial charge in [0.05, 0.1) is 18.7 Å². The Hall–Kier alpha value is -2.83. The molecule has 0 spiro atoms. The number of hydrogen-bond donors (Lipinski definition) is 0. The molecule has 0 saturated carbocycles. The van der Waals surface area contributed by atoms with Gasteiger partial charge < -0.3 is 14.5 Å². The van der Waals surface area contributed by atoms with Crippen LogP contribution in [0.4, 0.5) is 0 Å². The Balaban J connectivity index is 1.71. The molecule has 7 heteroatoms. The number of carbonyl (C=O) groups excluding carboxylic acids is 2. The van der Waals surface area contributed by atoms with E-state index in [0.29, 0.717) is 36.0 Å². The average molecular weight is 440 g/mol. The van der Waals surface area contributed by atoms with E-state index >= 15 is 0 Å². The van der Waals surface area contributed by atoms with E-state index < -0.39 is 0 Å². The summed E-state index contributed by atoms with van der Waals surface area (Å²) < 4.78 is 5.53. The lowest BCUT2D eigenvalue weighted by Gasteiger charge is -2.34. The van der Waals surface area contributed by atoms with E-state index in [2.05, 4.69) is 11.9 Å². The maximum atomic E-state index is 13.5. The molecule has 1 saturated heterocycles. The minimum absolute atomic E-state index is 0.148. The van der Waals surface area contributed by atoms with E-state index in [0.717, 1.165) is 30.0 Å². The molecule has 0 aromatic heterocycles. The monoisotopic (exact) mass is 439 g/mol. The Morgan fingerprint density at radius 1 is 0.935 bits per heavy atom. The normalized spacial score (nSPS) is 17.6. The van der Waals surface area contributed by atoms with Crippen LogP contribution in [0.15, 0.2) is 54.2 Å².